The maximum absolute atomic E-state index is 12.5. The van der Waals surface area contributed by atoms with Crippen LogP contribution in [0.2, 0.25) is 0 Å². The molecule has 0 unspecified atom stereocenters. The van der Waals surface area contributed by atoms with Crippen molar-refractivity contribution in [2.75, 3.05) is 4.90 Å². The van der Waals surface area contributed by atoms with Gasteiger partial charge in [0.05, 0.1) is 16.8 Å². The van der Waals surface area contributed by atoms with Gasteiger partial charge in [-0.1, -0.05) is 42.0 Å². The molecule has 3 aromatic carbocycles. The summed E-state index contributed by atoms with van der Waals surface area (Å²) in [5, 5.41) is 0. The van der Waals surface area contributed by atoms with E-state index in [0.29, 0.717) is 29.0 Å². The maximum atomic E-state index is 12.5. The van der Waals surface area contributed by atoms with Crippen molar-refractivity contribution in [1.29, 1.82) is 0 Å². The molecule has 0 spiro atoms. The smallest absolute Gasteiger partial charge is 0.311 e. The van der Waals surface area contributed by atoms with Crippen LogP contribution in [-0.4, -0.2) is 17.8 Å². The number of nitrogens with zero attached hydrogens (tertiary/aromatic N) is 1. The number of esters is 1. The third-order valence-corrected chi connectivity index (χ3v) is 4.86. The van der Waals surface area contributed by atoms with E-state index >= 15 is 0 Å². The molecular formula is C24H19NO4. The Bertz CT molecular complexity index is 1050. The Morgan fingerprint density at radius 3 is 2.00 bits per heavy atom. The summed E-state index contributed by atoms with van der Waals surface area (Å²) >= 11 is 0. The fourth-order valence-electron chi connectivity index (χ4n) is 3.27. The lowest BCUT2D eigenvalue weighted by Gasteiger charge is -2.14. The largest absolute Gasteiger partial charge is 0.427 e. The number of ether oxygens (including phenoxy) is 1. The molecule has 0 aromatic heterocycles. The third-order valence-electron chi connectivity index (χ3n) is 4.86. The lowest BCUT2D eigenvalue weighted by molar-refractivity contribution is -0.134. The van der Waals surface area contributed by atoms with Crippen molar-refractivity contribution in [2.45, 2.75) is 19.8 Å². The monoisotopic (exact) mass is 385 g/mol. The van der Waals surface area contributed by atoms with Gasteiger partial charge in [-0.05, 0) is 55.3 Å². The van der Waals surface area contributed by atoms with Gasteiger partial charge in [-0.25, -0.2) is 4.90 Å². The second-order valence-electron chi connectivity index (χ2n) is 6.94. The molecule has 29 heavy (non-hydrogen) atoms. The lowest BCUT2D eigenvalue weighted by atomic mass is 10.1. The first-order valence-corrected chi connectivity index (χ1v) is 9.37. The number of carbonyl (C=O) groups excluding carboxylic acids is 3. The van der Waals surface area contributed by atoms with E-state index in [9.17, 15) is 14.4 Å². The molecule has 4 rings (SSSR count). The van der Waals surface area contributed by atoms with Crippen LogP contribution in [-0.2, 0) is 11.2 Å². The summed E-state index contributed by atoms with van der Waals surface area (Å²) < 4.78 is 5.37. The minimum atomic E-state index is -0.353. The van der Waals surface area contributed by atoms with Crippen LogP contribution < -0.4 is 9.64 Å². The molecule has 0 fully saturated rings. The third kappa shape index (κ3) is 3.80. The predicted octanol–water partition coefficient (Wildman–Crippen LogP) is 4.33. The van der Waals surface area contributed by atoms with E-state index in [1.54, 1.807) is 48.5 Å². The number of amides is 2. The van der Waals surface area contributed by atoms with Crippen molar-refractivity contribution in [2.24, 2.45) is 0 Å². The normalized spacial score (nSPS) is 12.8. The van der Waals surface area contributed by atoms with Crippen LogP contribution in [0.15, 0.2) is 72.8 Å². The Hall–Kier alpha value is -3.73. The van der Waals surface area contributed by atoms with E-state index in [4.69, 9.17) is 4.74 Å². The van der Waals surface area contributed by atoms with E-state index in [-0.39, 0.29) is 24.2 Å². The molecule has 144 valence electrons. The average Bonchev–Trinajstić information content (AvgIpc) is 2.99. The van der Waals surface area contributed by atoms with Gasteiger partial charge in [0, 0.05) is 6.42 Å². The van der Waals surface area contributed by atoms with Gasteiger partial charge in [0.1, 0.15) is 5.75 Å². The molecule has 0 aliphatic carbocycles. The number of hydrogen-bond acceptors (Lipinski definition) is 4. The molecule has 1 aliphatic rings. The summed E-state index contributed by atoms with van der Waals surface area (Å²) in [6, 6.07) is 21.1. The van der Waals surface area contributed by atoms with Gasteiger partial charge in [-0.3, -0.25) is 14.4 Å². The minimum absolute atomic E-state index is 0.267. The highest BCUT2D eigenvalue weighted by molar-refractivity contribution is 6.34. The zero-order chi connectivity index (χ0) is 20.4. The Morgan fingerprint density at radius 1 is 0.828 bits per heavy atom. The molecule has 0 atom stereocenters. The maximum Gasteiger partial charge on any atom is 0.311 e. The van der Waals surface area contributed by atoms with E-state index < -0.39 is 0 Å². The van der Waals surface area contributed by atoms with Crippen LogP contribution in [0.3, 0.4) is 0 Å². The van der Waals surface area contributed by atoms with Gasteiger partial charge in [0.2, 0.25) is 0 Å². The van der Waals surface area contributed by atoms with Gasteiger partial charge in [0.25, 0.3) is 11.8 Å². The predicted molar refractivity (Wildman–Crippen MR) is 109 cm³/mol. The van der Waals surface area contributed by atoms with Crippen LogP contribution in [0.4, 0.5) is 5.69 Å². The number of aryl methyl sites for hydroxylation is 2. The Balaban J connectivity index is 1.39. The van der Waals surface area contributed by atoms with Gasteiger partial charge in [-0.15, -0.1) is 0 Å². The van der Waals surface area contributed by atoms with Crippen molar-refractivity contribution in [3.8, 4) is 5.75 Å². The molecule has 2 amide bonds. The standard InChI is InChI=1S/C24H19NO4/c1-16-6-8-17(9-7-16)10-15-22(26)29-19-13-11-18(12-14-19)25-23(27)20-4-2-3-5-21(20)24(25)28/h2-9,11-14H,10,15H2,1H3. The van der Waals surface area contributed by atoms with Gasteiger partial charge >= 0.3 is 5.97 Å². The van der Waals surface area contributed by atoms with Crippen LogP contribution in [0, 0.1) is 6.92 Å². The van der Waals surface area contributed by atoms with Crippen LogP contribution >= 0.6 is 0 Å². The van der Waals surface area contributed by atoms with Crippen LogP contribution in [0.5, 0.6) is 5.75 Å². The van der Waals surface area contributed by atoms with Gasteiger partial charge in [0.15, 0.2) is 0 Å². The molecule has 0 radical (unpaired) electrons. The first-order valence-electron chi connectivity index (χ1n) is 9.37. The first kappa shape index (κ1) is 18.6. The van der Waals surface area contributed by atoms with Crippen molar-refractivity contribution in [1.82, 2.24) is 0 Å². The second kappa shape index (κ2) is 7.72. The number of carbonyl (C=O) groups is 3. The summed E-state index contributed by atoms with van der Waals surface area (Å²) in [6.07, 6.45) is 0.870. The highest BCUT2D eigenvalue weighted by Crippen LogP contribution is 2.29. The fraction of sp³-hybridized carbons (Fsp3) is 0.125. The van der Waals surface area contributed by atoms with E-state index in [0.717, 1.165) is 10.5 Å². The zero-order valence-electron chi connectivity index (χ0n) is 15.9. The number of benzene rings is 3. The Labute approximate surface area is 168 Å². The Kier molecular flexibility index (Phi) is 4.96. The molecule has 0 saturated carbocycles. The quantitative estimate of drug-likeness (QED) is 0.372. The number of imide groups is 1. The average molecular weight is 385 g/mol. The summed E-state index contributed by atoms with van der Waals surface area (Å²) in [7, 11) is 0. The van der Waals surface area contributed by atoms with Crippen molar-refractivity contribution >= 4 is 23.5 Å². The van der Waals surface area contributed by atoms with Gasteiger partial charge < -0.3 is 4.74 Å². The first-order chi connectivity index (χ1) is 14.0. The minimum Gasteiger partial charge on any atom is -0.427 e. The molecule has 1 aliphatic heterocycles. The summed E-state index contributed by atoms with van der Waals surface area (Å²) in [5.41, 5.74) is 3.48. The molecule has 1 heterocycles. The highest BCUT2D eigenvalue weighted by atomic mass is 16.5. The van der Waals surface area contributed by atoms with E-state index in [1.807, 2.05) is 31.2 Å². The molecule has 5 nitrogen and oxygen atoms in total. The molecule has 0 bridgehead atoms. The number of fused-ring (bicyclic) bond motifs is 1. The lowest BCUT2D eigenvalue weighted by Crippen LogP contribution is -2.29. The highest BCUT2D eigenvalue weighted by Gasteiger charge is 2.36. The molecular weight excluding hydrogens is 366 g/mol. The van der Waals surface area contributed by atoms with Crippen LogP contribution in [0.1, 0.15) is 38.3 Å². The SMILES string of the molecule is Cc1ccc(CCC(=O)Oc2ccc(N3C(=O)c4ccccc4C3=O)cc2)cc1. The molecule has 0 saturated heterocycles. The second-order valence-corrected chi connectivity index (χ2v) is 6.94. The summed E-state index contributed by atoms with van der Waals surface area (Å²) in [4.78, 5) is 38.3. The van der Waals surface area contributed by atoms with Crippen molar-refractivity contribution in [3.63, 3.8) is 0 Å². The summed E-state index contributed by atoms with van der Waals surface area (Å²) in [6.45, 7) is 2.02. The van der Waals surface area contributed by atoms with Crippen LogP contribution in [0.25, 0.3) is 0 Å². The van der Waals surface area contributed by atoms with Crippen molar-refractivity contribution < 1.29 is 19.1 Å². The number of anilines is 1. The van der Waals surface area contributed by atoms with E-state index in [1.165, 1.54) is 5.56 Å². The molecule has 5 heteroatoms. The van der Waals surface area contributed by atoms with Crippen molar-refractivity contribution in [3.05, 3.63) is 95.1 Å². The Morgan fingerprint density at radius 2 is 1.41 bits per heavy atom. The number of rotatable bonds is 5. The molecule has 0 N–H and O–H groups in total. The molecule has 3 aromatic rings. The zero-order valence-corrected chi connectivity index (χ0v) is 15.9. The van der Waals surface area contributed by atoms with E-state index in [2.05, 4.69) is 0 Å². The topological polar surface area (TPSA) is 63.7 Å². The fourth-order valence-corrected chi connectivity index (χ4v) is 3.27. The number of hydrogen-bond donors (Lipinski definition) is 0. The summed E-state index contributed by atoms with van der Waals surface area (Å²) in [5.74, 6) is -0.666. The van der Waals surface area contributed by atoms with Gasteiger partial charge in [-0.2, -0.15) is 0 Å².